The number of anilines is 2. The van der Waals surface area contributed by atoms with Crippen molar-refractivity contribution in [2.45, 2.75) is 25.7 Å². The van der Waals surface area contributed by atoms with Gasteiger partial charge in [-0.3, -0.25) is 9.10 Å². The number of amides is 1. The first-order valence-corrected chi connectivity index (χ1v) is 14.6. The summed E-state index contributed by atoms with van der Waals surface area (Å²) in [4.78, 5) is 22.2. The van der Waals surface area contributed by atoms with Crippen LogP contribution >= 0.6 is 11.3 Å². The van der Waals surface area contributed by atoms with Crippen LogP contribution in [0, 0.1) is 13.8 Å². The predicted octanol–water partition coefficient (Wildman–Crippen LogP) is 5.09. The van der Waals surface area contributed by atoms with E-state index in [1.165, 1.54) is 32.3 Å². The van der Waals surface area contributed by atoms with E-state index in [0.717, 1.165) is 10.6 Å². The number of hydrogen-bond acceptors (Lipinski definition) is 6. The van der Waals surface area contributed by atoms with E-state index in [9.17, 15) is 13.2 Å². The highest BCUT2D eigenvalue weighted by atomic mass is 32.2. The van der Waals surface area contributed by atoms with Gasteiger partial charge in [-0.05, 0) is 74.4 Å². The fourth-order valence-electron chi connectivity index (χ4n) is 4.77. The number of piperazine rings is 1. The molecular weight excluding hydrogens is 504 g/mol. The number of aryl methyl sites for hydroxylation is 2. The lowest BCUT2D eigenvalue weighted by molar-refractivity contribution is 0.0746. The molecule has 1 aliphatic heterocycles. The first kappa shape index (κ1) is 25.2. The van der Waals surface area contributed by atoms with Crippen LogP contribution in [0.25, 0.3) is 10.2 Å². The highest BCUT2D eigenvalue weighted by molar-refractivity contribution is 7.92. The molecule has 0 unspecified atom stereocenters. The maximum Gasteiger partial charge on any atom is 0.264 e. The quantitative estimate of drug-likeness (QED) is 0.345. The zero-order valence-corrected chi connectivity index (χ0v) is 22.8. The molecule has 0 spiro atoms. The third kappa shape index (κ3) is 4.93. The Kier molecular flexibility index (Phi) is 6.92. The van der Waals surface area contributed by atoms with Crippen LogP contribution in [0.2, 0.25) is 0 Å². The molecule has 7 nitrogen and oxygen atoms in total. The van der Waals surface area contributed by atoms with Crippen molar-refractivity contribution in [2.75, 3.05) is 41.9 Å². The first-order chi connectivity index (χ1) is 17.8. The van der Waals surface area contributed by atoms with E-state index in [1.807, 2.05) is 23.1 Å². The van der Waals surface area contributed by atoms with Crippen LogP contribution in [0.3, 0.4) is 0 Å². The van der Waals surface area contributed by atoms with Gasteiger partial charge >= 0.3 is 0 Å². The molecule has 1 amide bonds. The van der Waals surface area contributed by atoms with Gasteiger partial charge in [0, 0.05) is 38.3 Å². The van der Waals surface area contributed by atoms with Gasteiger partial charge in [0.1, 0.15) is 0 Å². The van der Waals surface area contributed by atoms with Crippen LogP contribution in [0.4, 0.5) is 10.8 Å². The molecule has 1 fully saturated rings. The second kappa shape index (κ2) is 10.1. The molecule has 1 aliphatic rings. The van der Waals surface area contributed by atoms with Gasteiger partial charge in [-0.1, -0.05) is 35.6 Å². The summed E-state index contributed by atoms with van der Waals surface area (Å²) in [6, 6.07) is 19.6. The lowest BCUT2D eigenvalue weighted by Gasteiger charge is -2.34. The Labute approximate surface area is 222 Å². The number of carbonyl (C=O) groups excluding carboxylic acids is 1. The Morgan fingerprint density at radius 1 is 0.973 bits per heavy atom. The third-order valence-electron chi connectivity index (χ3n) is 6.67. The van der Waals surface area contributed by atoms with E-state index in [0.29, 0.717) is 44.0 Å². The largest absolute Gasteiger partial charge is 0.345 e. The summed E-state index contributed by atoms with van der Waals surface area (Å²) in [5.74, 6) is -0.0882. The minimum absolute atomic E-state index is 0.0882. The summed E-state index contributed by atoms with van der Waals surface area (Å²) in [5, 5.41) is 0.990. The number of rotatable bonds is 6. The van der Waals surface area contributed by atoms with Crippen LogP contribution in [0.1, 0.15) is 28.4 Å². The molecule has 37 heavy (non-hydrogen) atoms. The molecule has 1 saturated heterocycles. The van der Waals surface area contributed by atoms with E-state index in [4.69, 9.17) is 4.98 Å². The third-order valence-corrected chi connectivity index (χ3v) is 9.85. The highest BCUT2D eigenvalue weighted by Crippen LogP contribution is 2.32. The van der Waals surface area contributed by atoms with Gasteiger partial charge < -0.3 is 9.80 Å². The molecule has 2 heterocycles. The van der Waals surface area contributed by atoms with Gasteiger partial charge in [0.25, 0.3) is 15.9 Å². The van der Waals surface area contributed by atoms with Crippen LogP contribution < -0.4 is 9.21 Å². The number of nitrogens with zero attached hydrogens (tertiary/aromatic N) is 4. The van der Waals surface area contributed by atoms with E-state index >= 15 is 0 Å². The molecule has 0 aliphatic carbocycles. The Bertz CT molecular complexity index is 1530. The summed E-state index contributed by atoms with van der Waals surface area (Å²) in [7, 11) is -3.73. The number of hydrogen-bond donors (Lipinski definition) is 0. The topological polar surface area (TPSA) is 73.8 Å². The number of sulfonamides is 1. The van der Waals surface area contributed by atoms with Gasteiger partial charge in [-0.2, -0.15) is 0 Å². The van der Waals surface area contributed by atoms with Crippen molar-refractivity contribution in [3.8, 4) is 0 Å². The van der Waals surface area contributed by atoms with Crippen molar-refractivity contribution in [1.29, 1.82) is 0 Å². The molecule has 0 atom stereocenters. The summed E-state index contributed by atoms with van der Waals surface area (Å²) >= 11 is 1.70. The molecule has 4 aromatic rings. The van der Waals surface area contributed by atoms with Crippen molar-refractivity contribution < 1.29 is 13.2 Å². The molecular formula is C28H30N4O3S2. The number of carbonyl (C=O) groups is 1. The number of thiazole rings is 1. The highest BCUT2D eigenvalue weighted by Gasteiger charge is 2.26. The second-order valence-electron chi connectivity index (χ2n) is 9.24. The van der Waals surface area contributed by atoms with Crippen molar-refractivity contribution in [2.24, 2.45) is 0 Å². The first-order valence-electron chi connectivity index (χ1n) is 12.4. The number of benzene rings is 3. The molecule has 0 saturated carbocycles. The predicted molar refractivity (Wildman–Crippen MR) is 150 cm³/mol. The Morgan fingerprint density at radius 3 is 2.30 bits per heavy atom. The molecule has 192 valence electrons. The lowest BCUT2D eigenvalue weighted by atomic mass is 10.1. The number of aromatic nitrogens is 1. The minimum atomic E-state index is -3.73. The van der Waals surface area contributed by atoms with E-state index in [2.05, 4.69) is 30.9 Å². The molecule has 0 N–H and O–H groups in total. The smallest absolute Gasteiger partial charge is 0.264 e. The van der Waals surface area contributed by atoms with E-state index in [-0.39, 0.29) is 10.8 Å². The molecule has 9 heteroatoms. The maximum absolute atomic E-state index is 13.2. The van der Waals surface area contributed by atoms with Crippen LogP contribution in [-0.4, -0.2) is 56.9 Å². The zero-order valence-electron chi connectivity index (χ0n) is 21.2. The van der Waals surface area contributed by atoms with Crippen LogP contribution in [0.15, 0.2) is 71.6 Å². The number of para-hydroxylation sites is 1. The molecule has 3 aromatic carbocycles. The standard InChI is InChI=1S/C28H30N4O3S2/c1-4-32(23-8-6-5-7-9-23)37(34,35)24-12-10-22(11-13-24)27(33)30-14-16-31(17-15-30)28-29-25-19-20(2)18-21(3)26(25)36-28/h5-13,18-19H,4,14-17H2,1-3H3. The van der Waals surface area contributed by atoms with Crippen LogP contribution in [-0.2, 0) is 10.0 Å². The van der Waals surface area contributed by atoms with E-state index < -0.39 is 10.0 Å². The van der Waals surface area contributed by atoms with Crippen LogP contribution in [0.5, 0.6) is 0 Å². The zero-order chi connectivity index (χ0) is 26.2. The fourth-order valence-corrected chi connectivity index (χ4v) is 7.31. The maximum atomic E-state index is 13.2. The number of fused-ring (bicyclic) bond motifs is 1. The van der Waals surface area contributed by atoms with Crippen molar-refractivity contribution in [1.82, 2.24) is 9.88 Å². The minimum Gasteiger partial charge on any atom is -0.345 e. The molecule has 0 bridgehead atoms. The van der Waals surface area contributed by atoms with Crippen molar-refractivity contribution >= 4 is 48.3 Å². The SMILES string of the molecule is CCN(c1ccccc1)S(=O)(=O)c1ccc(C(=O)N2CCN(c3nc4cc(C)cc(C)c4s3)CC2)cc1. The van der Waals surface area contributed by atoms with Gasteiger partial charge in [-0.25, -0.2) is 13.4 Å². The van der Waals surface area contributed by atoms with Gasteiger partial charge in [0.2, 0.25) is 0 Å². The van der Waals surface area contributed by atoms with Crippen molar-refractivity contribution in [3.63, 3.8) is 0 Å². The van der Waals surface area contributed by atoms with E-state index in [1.54, 1.807) is 42.5 Å². The average molecular weight is 535 g/mol. The monoisotopic (exact) mass is 534 g/mol. The Hall–Kier alpha value is -3.43. The molecule has 1 aromatic heterocycles. The van der Waals surface area contributed by atoms with Gasteiger partial charge in [-0.15, -0.1) is 0 Å². The van der Waals surface area contributed by atoms with Crippen molar-refractivity contribution in [3.05, 3.63) is 83.4 Å². The normalized spacial score (nSPS) is 14.2. The fraction of sp³-hybridized carbons (Fsp3) is 0.286. The summed E-state index contributed by atoms with van der Waals surface area (Å²) < 4.78 is 29.1. The summed E-state index contributed by atoms with van der Waals surface area (Å²) in [6.07, 6.45) is 0. The average Bonchev–Trinajstić information content (AvgIpc) is 3.34. The summed E-state index contributed by atoms with van der Waals surface area (Å²) in [5.41, 5.74) is 4.57. The lowest BCUT2D eigenvalue weighted by Crippen LogP contribution is -2.48. The van der Waals surface area contributed by atoms with Gasteiger partial charge in [0.15, 0.2) is 5.13 Å². The Morgan fingerprint density at radius 2 is 1.65 bits per heavy atom. The molecule has 5 rings (SSSR count). The summed E-state index contributed by atoms with van der Waals surface area (Å²) in [6.45, 7) is 8.91. The Balaban J connectivity index is 1.26. The molecule has 0 radical (unpaired) electrons. The second-order valence-corrected chi connectivity index (χ2v) is 12.1. The van der Waals surface area contributed by atoms with Gasteiger partial charge in [0.05, 0.1) is 20.8 Å².